The van der Waals surface area contributed by atoms with Gasteiger partial charge in [-0.2, -0.15) is 0 Å². The first-order valence-electron chi connectivity index (χ1n) is 5.85. The van der Waals surface area contributed by atoms with Crippen molar-refractivity contribution in [3.05, 3.63) is 29.8 Å². The van der Waals surface area contributed by atoms with E-state index in [0.717, 1.165) is 11.3 Å². The fraction of sp³-hybridized carbons (Fsp3) is 0.462. The largest absolute Gasteiger partial charge is 0.381 e. The highest BCUT2D eigenvalue weighted by Gasteiger charge is 2.35. The predicted octanol–water partition coefficient (Wildman–Crippen LogP) is 1.44. The smallest absolute Gasteiger partial charge is 0.244 e. The molecule has 4 heteroatoms. The van der Waals surface area contributed by atoms with Gasteiger partial charge < -0.3 is 15.8 Å². The van der Waals surface area contributed by atoms with Crippen LogP contribution in [0.1, 0.15) is 18.4 Å². The molecule has 1 fully saturated rings. The second-order valence-electron chi connectivity index (χ2n) is 4.54. The molecule has 1 amide bonds. The number of carbonyl (C=O) groups excluding carboxylic acids is 1. The summed E-state index contributed by atoms with van der Waals surface area (Å²) in [6, 6.07) is 7.69. The Morgan fingerprint density at radius 3 is 2.65 bits per heavy atom. The Bertz CT molecular complexity index is 412. The number of rotatable bonds is 2. The van der Waals surface area contributed by atoms with Crippen LogP contribution in [0.2, 0.25) is 0 Å². The van der Waals surface area contributed by atoms with E-state index in [2.05, 4.69) is 5.32 Å². The van der Waals surface area contributed by atoms with Crippen LogP contribution in [-0.4, -0.2) is 24.7 Å². The Kier molecular flexibility index (Phi) is 3.45. The highest BCUT2D eigenvalue weighted by molar-refractivity contribution is 5.98. The Balaban J connectivity index is 2.08. The number of nitrogens with two attached hydrogens (primary N) is 1. The molecule has 2 rings (SSSR count). The van der Waals surface area contributed by atoms with Gasteiger partial charge in [0, 0.05) is 18.9 Å². The number of aryl methyl sites for hydroxylation is 1. The van der Waals surface area contributed by atoms with Gasteiger partial charge in [0.25, 0.3) is 0 Å². The first kappa shape index (κ1) is 12.1. The minimum absolute atomic E-state index is 0.116. The molecule has 1 aliphatic heterocycles. The molecule has 0 radical (unpaired) electrons. The van der Waals surface area contributed by atoms with Crippen LogP contribution in [0.5, 0.6) is 0 Å². The van der Waals surface area contributed by atoms with Gasteiger partial charge in [0.2, 0.25) is 5.91 Å². The van der Waals surface area contributed by atoms with Gasteiger partial charge in [0.1, 0.15) is 5.54 Å². The van der Waals surface area contributed by atoms with Gasteiger partial charge in [-0.05, 0) is 31.4 Å². The van der Waals surface area contributed by atoms with Crippen LogP contribution in [-0.2, 0) is 9.53 Å². The summed E-state index contributed by atoms with van der Waals surface area (Å²) < 4.78 is 5.23. The van der Waals surface area contributed by atoms with Crippen molar-refractivity contribution in [2.75, 3.05) is 18.5 Å². The molecule has 0 aliphatic carbocycles. The second-order valence-corrected chi connectivity index (χ2v) is 4.54. The molecule has 1 saturated heterocycles. The van der Waals surface area contributed by atoms with Gasteiger partial charge in [-0.25, -0.2) is 0 Å². The first-order chi connectivity index (χ1) is 8.12. The molecular formula is C13H18N2O2. The van der Waals surface area contributed by atoms with Gasteiger partial charge in [-0.15, -0.1) is 0 Å². The first-order valence-corrected chi connectivity index (χ1v) is 5.85. The molecule has 92 valence electrons. The van der Waals surface area contributed by atoms with Gasteiger partial charge in [-0.3, -0.25) is 4.79 Å². The van der Waals surface area contributed by atoms with Gasteiger partial charge in [0.15, 0.2) is 0 Å². The van der Waals surface area contributed by atoms with Crippen LogP contribution in [0.25, 0.3) is 0 Å². The van der Waals surface area contributed by atoms with E-state index in [-0.39, 0.29) is 5.91 Å². The summed E-state index contributed by atoms with van der Waals surface area (Å²) in [7, 11) is 0. The Hall–Kier alpha value is -1.39. The van der Waals surface area contributed by atoms with Crippen LogP contribution < -0.4 is 11.1 Å². The Morgan fingerprint density at radius 2 is 2.00 bits per heavy atom. The van der Waals surface area contributed by atoms with Crippen molar-refractivity contribution in [2.45, 2.75) is 25.3 Å². The molecule has 17 heavy (non-hydrogen) atoms. The van der Waals surface area contributed by atoms with E-state index in [9.17, 15) is 4.79 Å². The lowest BCUT2D eigenvalue weighted by Gasteiger charge is -2.31. The molecule has 0 unspecified atom stereocenters. The van der Waals surface area contributed by atoms with E-state index in [1.54, 1.807) is 0 Å². The monoisotopic (exact) mass is 234 g/mol. The maximum Gasteiger partial charge on any atom is 0.244 e. The molecule has 0 aromatic heterocycles. The van der Waals surface area contributed by atoms with Crippen LogP contribution in [0.15, 0.2) is 24.3 Å². The quantitative estimate of drug-likeness (QED) is 0.814. The Labute approximate surface area is 101 Å². The third kappa shape index (κ3) is 2.65. The van der Waals surface area contributed by atoms with Crippen LogP contribution in [0.4, 0.5) is 5.69 Å². The van der Waals surface area contributed by atoms with Crippen molar-refractivity contribution in [3.8, 4) is 0 Å². The standard InChI is InChI=1S/C13H18N2O2/c1-10-4-2-3-5-11(10)15-12(16)13(14)6-8-17-9-7-13/h2-5H,6-9,14H2,1H3,(H,15,16). The molecular weight excluding hydrogens is 216 g/mol. The number of anilines is 1. The maximum atomic E-state index is 12.1. The topological polar surface area (TPSA) is 64.4 Å². The number of ether oxygens (including phenoxy) is 1. The summed E-state index contributed by atoms with van der Waals surface area (Å²) in [6.07, 6.45) is 1.15. The van der Waals surface area contributed by atoms with E-state index in [1.165, 1.54) is 0 Å². The summed E-state index contributed by atoms with van der Waals surface area (Å²) in [5.74, 6) is -0.116. The average molecular weight is 234 g/mol. The van der Waals surface area contributed by atoms with Crippen molar-refractivity contribution >= 4 is 11.6 Å². The van der Waals surface area contributed by atoms with E-state index in [1.807, 2.05) is 31.2 Å². The van der Waals surface area contributed by atoms with Crippen LogP contribution in [0.3, 0.4) is 0 Å². The summed E-state index contributed by atoms with van der Waals surface area (Å²) >= 11 is 0. The van der Waals surface area contributed by atoms with Gasteiger partial charge >= 0.3 is 0 Å². The van der Waals surface area contributed by atoms with Crippen molar-refractivity contribution in [2.24, 2.45) is 5.73 Å². The van der Waals surface area contributed by atoms with Crippen molar-refractivity contribution in [1.82, 2.24) is 0 Å². The molecule has 0 saturated carbocycles. The predicted molar refractivity (Wildman–Crippen MR) is 66.8 cm³/mol. The van der Waals surface area contributed by atoms with E-state index in [4.69, 9.17) is 10.5 Å². The molecule has 1 aromatic carbocycles. The zero-order valence-corrected chi connectivity index (χ0v) is 10.0. The van der Waals surface area contributed by atoms with Crippen molar-refractivity contribution < 1.29 is 9.53 Å². The summed E-state index contributed by atoms with van der Waals surface area (Å²) in [6.45, 7) is 3.07. The number of hydrogen-bond donors (Lipinski definition) is 2. The van der Waals surface area contributed by atoms with Crippen LogP contribution in [0, 0.1) is 6.92 Å². The summed E-state index contributed by atoms with van der Waals surface area (Å²) in [5.41, 5.74) is 7.18. The average Bonchev–Trinajstić information content (AvgIpc) is 2.33. The molecule has 1 aromatic rings. The highest BCUT2D eigenvalue weighted by atomic mass is 16.5. The molecule has 0 atom stereocenters. The third-order valence-corrected chi connectivity index (χ3v) is 3.23. The fourth-order valence-corrected chi connectivity index (χ4v) is 1.92. The zero-order valence-electron chi connectivity index (χ0n) is 10.0. The normalized spacial score (nSPS) is 18.7. The van der Waals surface area contributed by atoms with E-state index in [0.29, 0.717) is 26.1 Å². The lowest BCUT2D eigenvalue weighted by atomic mass is 9.90. The highest BCUT2D eigenvalue weighted by Crippen LogP contribution is 2.21. The van der Waals surface area contributed by atoms with Crippen LogP contribution >= 0.6 is 0 Å². The molecule has 4 nitrogen and oxygen atoms in total. The number of amides is 1. The van der Waals surface area contributed by atoms with E-state index < -0.39 is 5.54 Å². The number of hydrogen-bond acceptors (Lipinski definition) is 3. The minimum atomic E-state index is -0.791. The van der Waals surface area contributed by atoms with Gasteiger partial charge in [0.05, 0.1) is 0 Å². The lowest BCUT2D eigenvalue weighted by Crippen LogP contribution is -2.54. The lowest BCUT2D eigenvalue weighted by molar-refractivity contribution is -0.124. The molecule has 3 N–H and O–H groups in total. The fourth-order valence-electron chi connectivity index (χ4n) is 1.92. The number of carbonyl (C=O) groups is 1. The second kappa shape index (κ2) is 4.85. The SMILES string of the molecule is Cc1ccccc1NC(=O)C1(N)CCOCC1. The number of benzene rings is 1. The molecule has 0 spiro atoms. The molecule has 0 bridgehead atoms. The van der Waals surface area contributed by atoms with E-state index >= 15 is 0 Å². The zero-order chi connectivity index (χ0) is 12.3. The summed E-state index contributed by atoms with van der Waals surface area (Å²) in [4.78, 5) is 12.1. The minimum Gasteiger partial charge on any atom is -0.381 e. The van der Waals surface area contributed by atoms with Crippen molar-refractivity contribution in [1.29, 1.82) is 0 Å². The number of nitrogens with one attached hydrogen (secondary N) is 1. The van der Waals surface area contributed by atoms with Crippen molar-refractivity contribution in [3.63, 3.8) is 0 Å². The Morgan fingerprint density at radius 1 is 1.35 bits per heavy atom. The molecule has 1 heterocycles. The van der Waals surface area contributed by atoms with Gasteiger partial charge in [-0.1, -0.05) is 18.2 Å². The summed E-state index contributed by atoms with van der Waals surface area (Å²) in [5, 5.41) is 2.90. The molecule has 1 aliphatic rings. The maximum absolute atomic E-state index is 12.1. The number of para-hydroxylation sites is 1. The third-order valence-electron chi connectivity index (χ3n) is 3.23.